The van der Waals surface area contributed by atoms with Crippen LogP contribution in [0.15, 0.2) is 41.8 Å². The number of benzene rings is 1. The Balaban J connectivity index is 1.48. The molecule has 4 heteroatoms. The molecule has 3 rings (SSSR count). The van der Waals surface area contributed by atoms with Crippen molar-refractivity contribution in [3.63, 3.8) is 0 Å². The van der Waals surface area contributed by atoms with Gasteiger partial charge in [-0.2, -0.15) is 0 Å². The summed E-state index contributed by atoms with van der Waals surface area (Å²) in [6.45, 7) is 3.02. The summed E-state index contributed by atoms with van der Waals surface area (Å²) in [5, 5.41) is 16.1. The van der Waals surface area contributed by atoms with Gasteiger partial charge in [-0.15, -0.1) is 11.3 Å². The van der Waals surface area contributed by atoms with Gasteiger partial charge in [-0.1, -0.05) is 38.0 Å². The average molecular weight is 360 g/mol. The van der Waals surface area contributed by atoms with E-state index in [0.29, 0.717) is 25.1 Å². The summed E-state index contributed by atoms with van der Waals surface area (Å²) in [5.74, 6) is 1.51. The second-order valence-electron chi connectivity index (χ2n) is 6.91. The molecule has 2 atom stereocenters. The van der Waals surface area contributed by atoms with Gasteiger partial charge in [0.15, 0.2) is 0 Å². The van der Waals surface area contributed by atoms with E-state index in [2.05, 4.69) is 41.9 Å². The summed E-state index contributed by atoms with van der Waals surface area (Å²) in [4.78, 5) is 1.38. The number of ether oxygens (including phenoxy) is 1. The fourth-order valence-corrected chi connectivity index (χ4v) is 4.49. The Kier molecular flexibility index (Phi) is 6.91. The molecular formula is C21H29NO2S. The van der Waals surface area contributed by atoms with Gasteiger partial charge in [-0.25, -0.2) is 0 Å². The van der Waals surface area contributed by atoms with Gasteiger partial charge in [-0.3, -0.25) is 0 Å². The van der Waals surface area contributed by atoms with Crippen molar-refractivity contribution in [1.29, 1.82) is 0 Å². The Hall–Kier alpha value is -1.36. The molecular weight excluding hydrogens is 330 g/mol. The number of nitrogens with one attached hydrogen (secondary N) is 1. The minimum atomic E-state index is -0.505. The van der Waals surface area contributed by atoms with Gasteiger partial charge < -0.3 is 15.2 Å². The third-order valence-electron chi connectivity index (χ3n) is 5.07. The highest BCUT2D eigenvalue weighted by Gasteiger charge is 2.27. The predicted molar refractivity (Wildman–Crippen MR) is 104 cm³/mol. The molecule has 2 aromatic rings. The summed E-state index contributed by atoms with van der Waals surface area (Å²) in [6.07, 6.45) is 5.74. The summed E-state index contributed by atoms with van der Waals surface area (Å²) in [6, 6.07) is 12.8. The lowest BCUT2D eigenvalue weighted by Gasteiger charge is -2.25. The Morgan fingerprint density at radius 1 is 1.20 bits per heavy atom. The molecule has 0 saturated heterocycles. The molecule has 0 aliphatic heterocycles. The first-order chi connectivity index (χ1) is 12.3. The number of rotatable bonds is 9. The number of thiophene rings is 1. The van der Waals surface area contributed by atoms with Gasteiger partial charge in [0.2, 0.25) is 0 Å². The van der Waals surface area contributed by atoms with Gasteiger partial charge >= 0.3 is 0 Å². The number of aliphatic hydroxyl groups excluding tert-OH is 1. The normalized spacial score (nSPS) is 17.5. The minimum absolute atomic E-state index is 0.320. The third-order valence-corrected chi connectivity index (χ3v) is 6.02. The van der Waals surface area contributed by atoms with Gasteiger partial charge in [0.1, 0.15) is 18.5 Å². The monoisotopic (exact) mass is 359 g/mol. The number of aryl methyl sites for hydroxylation is 1. The number of aliphatic hydroxyl groups is 1. The molecule has 2 N–H and O–H groups in total. The lowest BCUT2D eigenvalue weighted by atomic mass is 9.96. The van der Waals surface area contributed by atoms with E-state index in [0.717, 1.165) is 12.2 Å². The Labute approximate surface area is 155 Å². The predicted octanol–water partition coefficient (Wildman–Crippen LogP) is 4.57. The van der Waals surface area contributed by atoms with Crippen LogP contribution in [0.25, 0.3) is 0 Å². The smallest absolute Gasteiger partial charge is 0.119 e. The molecule has 0 spiro atoms. The fraction of sp³-hybridized carbons (Fsp3) is 0.524. The van der Waals surface area contributed by atoms with Crippen molar-refractivity contribution in [2.75, 3.05) is 13.2 Å². The van der Waals surface area contributed by atoms with Crippen molar-refractivity contribution < 1.29 is 9.84 Å². The van der Waals surface area contributed by atoms with Gasteiger partial charge in [0, 0.05) is 17.5 Å². The lowest BCUT2D eigenvalue weighted by Crippen LogP contribution is -2.36. The summed E-state index contributed by atoms with van der Waals surface area (Å²) < 4.78 is 5.73. The summed E-state index contributed by atoms with van der Waals surface area (Å²) in [7, 11) is 0. The zero-order chi connectivity index (χ0) is 17.5. The summed E-state index contributed by atoms with van der Waals surface area (Å²) >= 11 is 1.81. The van der Waals surface area contributed by atoms with Crippen molar-refractivity contribution in [2.45, 2.75) is 51.2 Å². The van der Waals surface area contributed by atoms with E-state index in [4.69, 9.17) is 4.74 Å². The molecule has 1 aliphatic carbocycles. The molecule has 1 heterocycles. The lowest BCUT2D eigenvalue weighted by molar-refractivity contribution is 0.101. The van der Waals surface area contributed by atoms with Crippen LogP contribution < -0.4 is 10.1 Å². The molecule has 1 saturated carbocycles. The molecule has 3 nitrogen and oxygen atoms in total. The first kappa shape index (κ1) is 18.4. The zero-order valence-electron chi connectivity index (χ0n) is 15.0. The molecule has 0 radical (unpaired) electrons. The highest BCUT2D eigenvalue weighted by atomic mass is 32.1. The van der Waals surface area contributed by atoms with Crippen molar-refractivity contribution >= 4 is 11.3 Å². The van der Waals surface area contributed by atoms with Crippen molar-refractivity contribution in [3.8, 4) is 5.75 Å². The van der Waals surface area contributed by atoms with Crippen molar-refractivity contribution in [2.24, 2.45) is 5.92 Å². The maximum absolute atomic E-state index is 10.3. The van der Waals surface area contributed by atoms with Gasteiger partial charge in [0.05, 0.1) is 0 Å². The maximum atomic E-state index is 10.3. The Bertz CT molecular complexity index is 605. The minimum Gasteiger partial charge on any atom is -0.491 e. The topological polar surface area (TPSA) is 41.5 Å². The van der Waals surface area contributed by atoms with Crippen LogP contribution in [0.1, 0.15) is 49.1 Å². The van der Waals surface area contributed by atoms with Crippen molar-refractivity contribution in [1.82, 2.24) is 5.32 Å². The average Bonchev–Trinajstić information content (AvgIpc) is 3.35. The van der Waals surface area contributed by atoms with Gasteiger partial charge in [-0.05, 0) is 54.3 Å². The standard InChI is InChI=1S/C21H29NO2S/c1-2-16-9-11-19(12-10-16)24-15-18(23)14-22-21(17-6-3-4-7-17)20-8-5-13-25-20/h5,8-13,17-18,21-23H,2-4,6-7,14-15H2,1H3. The largest absolute Gasteiger partial charge is 0.491 e. The molecule has 1 aliphatic rings. The van der Waals surface area contributed by atoms with E-state index < -0.39 is 6.10 Å². The van der Waals surface area contributed by atoms with Crippen LogP contribution >= 0.6 is 11.3 Å². The molecule has 25 heavy (non-hydrogen) atoms. The SMILES string of the molecule is CCc1ccc(OCC(O)CNC(c2cccs2)C2CCCC2)cc1. The molecule has 1 fully saturated rings. The molecule has 1 aromatic carbocycles. The number of hydrogen-bond donors (Lipinski definition) is 2. The van der Waals surface area contributed by atoms with Crippen LogP contribution in [-0.4, -0.2) is 24.4 Å². The first-order valence-corrected chi connectivity index (χ1v) is 10.3. The molecule has 2 unspecified atom stereocenters. The molecule has 136 valence electrons. The quantitative estimate of drug-likeness (QED) is 0.689. The second kappa shape index (κ2) is 9.37. The molecule has 0 bridgehead atoms. The summed E-state index contributed by atoms with van der Waals surface area (Å²) in [5.41, 5.74) is 1.30. The maximum Gasteiger partial charge on any atom is 0.119 e. The second-order valence-corrected chi connectivity index (χ2v) is 7.89. The highest BCUT2D eigenvalue weighted by molar-refractivity contribution is 7.10. The fourth-order valence-electron chi connectivity index (χ4n) is 3.59. The van der Waals surface area contributed by atoms with E-state index >= 15 is 0 Å². The van der Waals surface area contributed by atoms with E-state index in [-0.39, 0.29) is 0 Å². The van der Waals surface area contributed by atoms with Crippen LogP contribution in [0.2, 0.25) is 0 Å². The third kappa shape index (κ3) is 5.30. The van der Waals surface area contributed by atoms with E-state index in [1.54, 1.807) is 0 Å². The van der Waals surface area contributed by atoms with Crippen LogP contribution in [0.5, 0.6) is 5.75 Å². The van der Waals surface area contributed by atoms with Crippen molar-refractivity contribution in [3.05, 3.63) is 52.2 Å². The zero-order valence-corrected chi connectivity index (χ0v) is 15.8. The molecule has 0 amide bonds. The van der Waals surface area contributed by atoms with Crippen LogP contribution in [-0.2, 0) is 6.42 Å². The van der Waals surface area contributed by atoms with E-state index in [1.807, 2.05) is 23.5 Å². The Morgan fingerprint density at radius 2 is 1.96 bits per heavy atom. The Morgan fingerprint density at radius 3 is 2.60 bits per heavy atom. The molecule has 1 aromatic heterocycles. The van der Waals surface area contributed by atoms with E-state index in [9.17, 15) is 5.11 Å². The highest BCUT2D eigenvalue weighted by Crippen LogP contribution is 2.37. The van der Waals surface area contributed by atoms with Crippen LogP contribution in [0.3, 0.4) is 0 Å². The number of hydrogen-bond acceptors (Lipinski definition) is 4. The van der Waals surface area contributed by atoms with Gasteiger partial charge in [0.25, 0.3) is 0 Å². The van der Waals surface area contributed by atoms with E-state index in [1.165, 1.54) is 36.1 Å². The van der Waals surface area contributed by atoms with Crippen LogP contribution in [0, 0.1) is 5.92 Å². The van der Waals surface area contributed by atoms with Crippen LogP contribution in [0.4, 0.5) is 0 Å². The first-order valence-electron chi connectivity index (χ1n) is 9.43.